The van der Waals surface area contributed by atoms with E-state index in [2.05, 4.69) is 19.0 Å². The Bertz CT molecular complexity index is 829. The average Bonchev–Trinajstić information content (AvgIpc) is 3.23. The van der Waals surface area contributed by atoms with Crippen molar-refractivity contribution < 1.29 is 18.0 Å². The van der Waals surface area contributed by atoms with Crippen molar-refractivity contribution in [1.29, 1.82) is 0 Å². The topological polar surface area (TPSA) is 67.8 Å². The van der Waals surface area contributed by atoms with Gasteiger partial charge in [0.1, 0.15) is 5.01 Å². The van der Waals surface area contributed by atoms with E-state index in [1.807, 2.05) is 0 Å². The highest BCUT2D eigenvalue weighted by molar-refractivity contribution is 7.13. The van der Waals surface area contributed by atoms with Crippen LogP contribution in [-0.4, -0.2) is 19.6 Å². The molecule has 0 aliphatic carbocycles. The van der Waals surface area contributed by atoms with Crippen molar-refractivity contribution in [3.8, 4) is 10.6 Å². The van der Waals surface area contributed by atoms with Crippen LogP contribution in [0.1, 0.15) is 21.7 Å². The molecule has 2 aromatic heterocycles. The van der Waals surface area contributed by atoms with Crippen LogP contribution < -0.4 is 5.32 Å². The summed E-state index contributed by atoms with van der Waals surface area (Å²) in [6, 6.07) is 4.80. The molecule has 10 heteroatoms. The van der Waals surface area contributed by atoms with Gasteiger partial charge >= 0.3 is 6.18 Å². The summed E-state index contributed by atoms with van der Waals surface area (Å²) < 4.78 is 45.2. The lowest BCUT2D eigenvalue weighted by molar-refractivity contribution is -0.137. The molecule has 24 heavy (non-hydrogen) atoms. The van der Waals surface area contributed by atoms with E-state index < -0.39 is 11.7 Å². The molecule has 0 bridgehead atoms. The van der Waals surface area contributed by atoms with Gasteiger partial charge in [0.2, 0.25) is 0 Å². The van der Waals surface area contributed by atoms with Gasteiger partial charge in [-0.1, -0.05) is 12.1 Å². The highest BCUT2D eigenvalue weighted by Gasteiger charge is 2.30. The summed E-state index contributed by atoms with van der Waals surface area (Å²) in [6.45, 7) is 0.202. The van der Waals surface area contributed by atoms with E-state index in [0.29, 0.717) is 16.3 Å². The molecule has 1 amide bonds. The maximum absolute atomic E-state index is 12.6. The lowest BCUT2D eigenvalue weighted by atomic mass is 10.1. The van der Waals surface area contributed by atoms with Crippen molar-refractivity contribution in [1.82, 2.24) is 19.0 Å². The molecule has 0 saturated heterocycles. The molecule has 1 aromatic carbocycles. The monoisotopic (exact) mass is 370 g/mol. The Morgan fingerprint density at radius 1 is 1.21 bits per heavy atom. The number of hydrogen-bond acceptors (Lipinski definition) is 6. The van der Waals surface area contributed by atoms with Crippen molar-refractivity contribution in [2.45, 2.75) is 12.7 Å². The van der Waals surface area contributed by atoms with Crippen molar-refractivity contribution in [2.24, 2.45) is 0 Å². The Balaban J connectivity index is 1.66. The molecule has 124 valence electrons. The van der Waals surface area contributed by atoms with Crippen molar-refractivity contribution >= 4 is 29.0 Å². The lowest BCUT2D eigenvalue weighted by Crippen LogP contribution is -2.23. The number of rotatable bonds is 4. The Morgan fingerprint density at radius 3 is 2.58 bits per heavy atom. The van der Waals surface area contributed by atoms with E-state index in [-0.39, 0.29) is 18.1 Å². The summed E-state index contributed by atoms with van der Waals surface area (Å²) in [6.07, 6.45) is -2.99. The number of thiazole rings is 1. The van der Waals surface area contributed by atoms with Crippen LogP contribution in [0.3, 0.4) is 0 Å². The highest BCUT2D eigenvalue weighted by Crippen LogP contribution is 2.31. The largest absolute Gasteiger partial charge is 0.416 e. The van der Waals surface area contributed by atoms with Crippen molar-refractivity contribution in [2.75, 3.05) is 0 Å². The molecular weight excluding hydrogens is 361 g/mol. The average molecular weight is 370 g/mol. The molecule has 2 heterocycles. The molecule has 0 fully saturated rings. The minimum Gasteiger partial charge on any atom is -0.345 e. The minimum absolute atomic E-state index is 0.202. The summed E-state index contributed by atoms with van der Waals surface area (Å²) in [7, 11) is 0. The van der Waals surface area contributed by atoms with Gasteiger partial charge in [0.25, 0.3) is 5.91 Å². The molecule has 3 rings (SSSR count). The quantitative estimate of drug-likeness (QED) is 0.762. The smallest absolute Gasteiger partial charge is 0.345 e. The van der Waals surface area contributed by atoms with Crippen LogP contribution in [0.25, 0.3) is 10.6 Å². The van der Waals surface area contributed by atoms with Gasteiger partial charge in [-0.3, -0.25) is 4.79 Å². The first-order valence-electron chi connectivity index (χ1n) is 6.61. The van der Waals surface area contributed by atoms with Crippen LogP contribution in [0.15, 0.2) is 35.8 Å². The van der Waals surface area contributed by atoms with Gasteiger partial charge < -0.3 is 5.32 Å². The Labute approximate surface area is 142 Å². The first-order chi connectivity index (χ1) is 11.4. The molecular formula is C14H9F3N4OS2. The molecule has 0 aliphatic heterocycles. The SMILES string of the molecule is O=C(NCc1csc(-c2ccc(C(F)(F)F)cc2)n1)c1cnsn1. The van der Waals surface area contributed by atoms with Crippen LogP contribution in [0.5, 0.6) is 0 Å². The predicted molar refractivity (Wildman–Crippen MR) is 83.6 cm³/mol. The van der Waals surface area contributed by atoms with Crippen LogP contribution in [0.2, 0.25) is 0 Å². The van der Waals surface area contributed by atoms with Crippen molar-refractivity contribution in [3.05, 3.63) is 52.8 Å². The van der Waals surface area contributed by atoms with Crippen LogP contribution in [0, 0.1) is 0 Å². The summed E-state index contributed by atoms with van der Waals surface area (Å²) in [5.41, 5.74) is 0.742. The molecule has 1 N–H and O–H groups in total. The molecule has 0 atom stereocenters. The number of alkyl halides is 3. The molecule has 0 radical (unpaired) electrons. The van der Waals surface area contributed by atoms with Gasteiger partial charge in [-0.2, -0.15) is 21.9 Å². The molecule has 3 aromatic rings. The van der Waals surface area contributed by atoms with E-state index in [1.165, 1.54) is 29.7 Å². The fourth-order valence-corrected chi connectivity index (χ4v) is 3.09. The zero-order valence-electron chi connectivity index (χ0n) is 11.9. The lowest BCUT2D eigenvalue weighted by Gasteiger charge is -2.06. The number of hydrogen-bond donors (Lipinski definition) is 1. The highest BCUT2D eigenvalue weighted by atomic mass is 32.1. The van der Waals surface area contributed by atoms with E-state index in [0.717, 1.165) is 23.9 Å². The van der Waals surface area contributed by atoms with E-state index in [1.54, 1.807) is 5.38 Å². The van der Waals surface area contributed by atoms with Crippen LogP contribution >= 0.6 is 23.1 Å². The van der Waals surface area contributed by atoms with E-state index >= 15 is 0 Å². The predicted octanol–water partition coefficient (Wildman–Crippen LogP) is 3.61. The third kappa shape index (κ3) is 3.77. The van der Waals surface area contributed by atoms with Gasteiger partial charge in [-0.05, 0) is 12.1 Å². The van der Waals surface area contributed by atoms with Gasteiger partial charge in [0.05, 0.1) is 35.7 Å². The fraction of sp³-hybridized carbons (Fsp3) is 0.143. The number of halogens is 3. The zero-order chi connectivity index (χ0) is 17.2. The second-order valence-corrected chi connectivity index (χ2v) is 6.11. The standard InChI is InChI=1S/C14H9F3N4OS2/c15-14(16,17)9-3-1-8(2-4-9)13-20-10(7-23-13)5-18-12(22)11-6-19-24-21-11/h1-4,6-7H,5H2,(H,18,22). The van der Waals surface area contributed by atoms with Gasteiger partial charge in [0.15, 0.2) is 5.69 Å². The molecule has 0 aliphatic rings. The number of carbonyl (C=O) groups excluding carboxylic acids is 1. The number of benzene rings is 1. The number of nitrogens with zero attached hydrogens (tertiary/aromatic N) is 3. The first kappa shape index (κ1) is 16.5. The summed E-state index contributed by atoms with van der Waals surface area (Å²) in [5.74, 6) is -0.354. The maximum Gasteiger partial charge on any atom is 0.416 e. The van der Waals surface area contributed by atoms with E-state index in [9.17, 15) is 18.0 Å². The fourth-order valence-electron chi connectivity index (χ4n) is 1.85. The Morgan fingerprint density at radius 2 is 1.96 bits per heavy atom. The second kappa shape index (κ2) is 6.65. The van der Waals surface area contributed by atoms with Crippen LogP contribution in [-0.2, 0) is 12.7 Å². The van der Waals surface area contributed by atoms with Crippen molar-refractivity contribution in [3.63, 3.8) is 0 Å². The third-order valence-electron chi connectivity index (χ3n) is 3.03. The maximum atomic E-state index is 12.6. The number of aromatic nitrogens is 3. The van der Waals surface area contributed by atoms with E-state index in [4.69, 9.17) is 0 Å². The minimum atomic E-state index is -4.36. The van der Waals surface area contributed by atoms with Crippen LogP contribution in [0.4, 0.5) is 13.2 Å². The Hall–Kier alpha value is -2.33. The Kier molecular flexibility index (Phi) is 4.58. The number of carbonyl (C=O) groups is 1. The normalized spacial score (nSPS) is 11.5. The summed E-state index contributed by atoms with van der Waals surface area (Å²) >= 11 is 2.23. The second-order valence-electron chi connectivity index (χ2n) is 4.69. The number of amides is 1. The molecule has 0 spiro atoms. The van der Waals surface area contributed by atoms with Gasteiger partial charge in [0, 0.05) is 10.9 Å². The number of nitrogens with one attached hydrogen (secondary N) is 1. The molecule has 5 nitrogen and oxygen atoms in total. The first-order valence-corrected chi connectivity index (χ1v) is 8.22. The summed E-state index contributed by atoms with van der Waals surface area (Å²) in [5, 5.41) is 4.98. The van der Waals surface area contributed by atoms with Gasteiger partial charge in [-0.15, -0.1) is 11.3 Å². The zero-order valence-corrected chi connectivity index (χ0v) is 13.5. The summed E-state index contributed by atoms with van der Waals surface area (Å²) in [4.78, 5) is 16.1. The third-order valence-corrected chi connectivity index (χ3v) is 4.45. The molecule has 0 saturated carbocycles. The molecule has 0 unspecified atom stereocenters. The van der Waals surface area contributed by atoms with Gasteiger partial charge in [-0.25, -0.2) is 4.98 Å².